The summed E-state index contributed by atoms with van der Waals surface area (Å²) in [7, 11) is 0. The molecule has 0 aliphatic heterocycles. The van der Waals surface area contributed by atoms with E-state index in [1.807, 2.05) is 6.07 Å². The van der Waals surface area contributed by atoms with E-state index in [0.717, 1.165) is 0 Å². The van der Waals surface area contributed by atoms with Crippen LogP contribution in [0.15, 0.2) is 72.9 Å². The Morgan fingerprint density at radius 3 is 2.59 bits per heavy atom. The molecule has 2 N–H and O–H groups in total. The van der Waals surface area contributed by atoms with Crippen molar-refractivity contribution in [2.24, 2.45) is 0 Å². The monoisotopic (exact) mass is 470 g/mol. The van der Waals surface area contributed by atoms with Crippen LogP contribution in [0.1, 0.15) is 17.2 Å². The number of phenols is 1. The molecule has 0 spiro atoms. The maximum Gasteiger partial charge on any atom is 0.258 e. The Bertz CT molecular complexity index is 1290. The number of halogens is 3. The summed E-state index contributed by atoms with van der Waals surface area (Å²) < 4.78 is 19.3. The minimum atomic E-state index is -0.885. The van der Waals surface area contributed by atoms with Crippen molar-refractivity contribution in [3.05, 3.63) is 99.9 Å². The quantitative estimate of drug-likeness (QED) is 0.380. The number of carbonyl (C=O) groups excluding carboxylic acids is 1. The van der Waals surface area contributed by atoms with Crippen LogP contribution in [0.4, 0.5) is 4.39 Å². The van der Waals surface area contributed by atoms with Crippen molar-refractivity contribution >= 4 is 40.0 Å². The molecule has 3 aromatic carbocycles. The summed E-state index contributed by atoms with van der Waals surface area (Å²) >= 11 is 12.4. The van der Waals surface area contributed by atoms with Crippen LogP contribution in [-0.4, -0.2) is 22.6 Å². The summed E-state index contributed by atoms with van der Waals surface area (Å²) in [6, 6.07) is 17.0. The summed E-state index contributed by atoms with van der Waals surface area (Å²) in [6.07, 6.45) is 1.53. The molecule has 0 aliphatic carbocycles. The first-order valence-electron chi connectivity index (χ1n) is 9.62. The Labute approximate surface area is 193 Å². The van der Waals surface area contributed by atoms with E-state index in [9.17, 15) is 14.3 Å². The number of para-hydroxylation sites is 1. The van der Waals surface area contributed by atoms with Gasteiger partial charge in [-0.1, -0.05) is 47.5 Å². The fourth-order valence-corrected chi connectivity index (χ4v) is 3.79. The van der Waals surface area contributed by atoms with Crippen molar-refractivity contribution in [2.75, 3.05) is 6.61 Å². The Kier molecular flexibility index (Phi) is 6.44. The number of aromatic hydroxyl groups is 1. The molecule has 0 saturated carbocycles. The van der Waals surface area contributed by atoms with Crippen molar-refractivity contribution in [1.82, 2.24) is 10.3 Å². The zero-order valence-corrected chi connectivity index (χ0v) is 18.1. The van der Waals surface area contributed by atoms with E-state index in [0.29, 0.717) is 21.7 Å². The second-order valence-corrected chi connectivity index (χ2v) is 7.79. The van der Waals surface area contributed by atoms with Gasteiger partial charge in [-0.15, -0.1) is 0 Å². The molecule has 1 unspecified atom stereocenters. The van der Waals surface area contributed by atoms with E-state index in [1.54, 1.807) is 42.5 Å². The van der Waals surface area contributed by atoms with Gasteiger partial charge in [-0.25, -0.2) is 4.39 Å². The van der Waals surface area contributed by atoms with Gasteiger partial charge in [-0.3, -0.25) is 9.78 Å². The highest BCUT2D eigenvalue weighted by Crippen LogP contribution is 2.39. The van der Waals surface area contributed by atoms with Crippen molar-refractivity contribution in [2.45, 2.75) is 6.04 Å². The number of carbonyl (C=O) groups is 1. The number of nitrogens with one attached hydrogen (secondary N) is 1. The Hall–Kier alpha value is -3.35. The topological polar surface area (TPSA) is 71.5 Å². The molecule has 1 aromatic heterocycles. The molecule has 4 aromatic rings. The first-order valence-corrected chi connectivity index (χ1v) is 10.4. The normalized spacial score (nSPS) is 11.8. The maximum atomic E-state index is 13.8. The molecular weight excluding hydrogens is 454 g/mol. The summed E-state index contributed by atoms with van der Waals surface area (Å²) in [5.41, 5.74) is 1.02. The predicted molar refractivity (Wildman–Crippen MR) is 122 cm³/mol. The molecule has 0 fully saturated rings. The summed E-state index contributed by atoms with van der Waals surface area (Å²) in [5, 5.41) is 14.5. The zero-order chi connectivity index (χ0) is 22.7. The van der Waals surface area contributed by atoms with Crippen LogP contribution >= 0.6 is 23.2 Å². The fraction of sp³-hybridized carbons (Fsp3) is 0.0833. The SMILES string of the molecule is O=C(COc1ccccc1)NC(c1ccc(F)c(Cl)c1)c1cc(Cl)c2cccnc2c1O. The van der Waals surface area contributed by atoms with Gasteiger partial charge in [0.1, 0.15) is 22.8 Å². The van der Waals surface area contributed by atoms with Crippen LogP contribution in [0.5, 0.6) is 11.5 Å². The smallest absolute Gasteiger partial charge is 0.258 e. The molecule has 0 bridgehead atoms. The largest absolute Gasteiger partial charge is 0.505 e. The molecule has 162 valence electrons. The first kappa shape index (κ1) is 21.9. The molecule has 0 aliphatic rings. The molecule has 1 amide bonds. The number of amides is 1. The second-order valence-electron chi connectivity index (χ2n) is 6.97. The minimum absolute atomic E-state index is 0.119. The van der Waals surface area contributed by atoms with E-state index in [1.165, 1.54) is 24.4 Å². The summed E-state index contributed by atoms with van der Waals surface area (Å²) in [4.78, 5) is 16.9. The van der Waals surface area contributed by atoms with Gasteiger partial charge in [0.05, 0.1) is 16.1 Å². The molecule has 4 rings (SSSR count). The van der Waals surface area contributed by atoms with Crippen LogP contribution in [-0.2, 0) is 4.79 Å². The standard InChI is InChI=1S/C24H17Cl2FN2O3/c25-18-12-17(24(31)23-16(18)7-4-10-28-23)22(14-8-9-20(27)19(26)11-14)29-21(30)13-32-15-5-2-1-3-6-15/h1-12,22,31H,13H2,(H,29,30). The highest BCUT2D eigenvalue weighted by atomic mass is 35.5. The van der Waals surface area contributed by atoms with Crippen LogP contribution in [0.25, 0.3) is 10.9 Å². The fourth-order valence-electron chi connectivity index (χ4n) is 3.33. The molecule has 1 heterocycles. The van der Waals surface area contributed by atoms with Crippen molar-refractivity contribution in [3.63, 3.8) is 0 Å². The van der Waals surface area contributed by atoms with Crippen molar-refractivity contribution in [3.8, 4) is 11.5 Å². The van der Waals surface area contributed by atoms with Gasteiger partial charge in [0.25, 0.3) is 5.91 Å². The van der Waals surface area contributed by atoms with Crippen LogP contribution in [0.2, 0.25) is 10.0 Å². The zero-order valence-electron chi connectivity index (χ0n) is 16.6. The minimum Gasteiger partial charge on any atom is -0.505 e. The Morgan fingerprint density at radius 2 is 1.84 bits per heavy atom. The number of benzene rings is 3. The lowest BCUT2D eigenvalue weighted by molar-refractivity contribution is -0.123. The van der Waals surface area contributed by atoms with Gasteiger partial charge in [0, 0.05) is 17.1 Å². The van der Waals surface area contributed by atoms with Gasteiger partial charge in [-0.2, -0.15) is 0 Å². The summed E-state index contributed by atoms with van der Waals surface area (Å²) in [6.45, 7) is -0.268. The third-order valence-corrected chi connectivity index (χ3v) is 5.45. The second kappa shape index (κ2) is 9.42. The third kappa shape index (κ3) is 4.61. The summed E-state index contributed by atoms with van der Waals surface area (Å²) in [5.74, 6) is -0.684. The lowest BCUT2D eigenvalue weighted by Crippen LogP contribution is -2.33. The Morgan fingerprint density at radius 1 is 1.06 bits per heavy atom. The number of hydrogen-bond acceptors (Lipinski definition) is 4. The van der Waals surface area contributed by atoms with Crippen LogP contribution < -0.4 is 10.1 Å². The van der Waals surface area contributed by atoms with Gasteiger partial charge in [-0.05, 0) is 48.0 Å². The van der Waals surface area contributed by atoms with Gasteiger partial charge in [0.15, 0.2) is 6.61 Å². The number of hydrogen-bond donors (Lipinski definition) is 2. The molecule has 0 saturated heterocycles. The molecule has 32 heavy (non-hydrogen) atoms. The Balaban J connectivity index is 1.71. The highest BCUT2D eigenvalue weighted by molar-refractivity contribution is 6.35. The molecular formula is C24H17Cl2FN2O3. The number of phenolic OH excluding ortho intramolecular Hbond substituents is 1. The number of ether oxygens (including phenoxy) is 1. The lowest BCUT2D eigenvalue weighted by Gasteiger charge is -2.22. The lowest BCUT2D eigenvalue weighted by atomic mass is 9.96. The molecule has 1 atom stereocenters. The van der Waals surface area contributed by atoms with Crippen LogP contribution in [0.3, 0.4) is 0 Å². The average molecular weight is 471 g/mol. The molecule has 8 heteroatoms. The van der Waals surface area contributed by atoms with Gasteiger partial charge >= 0.3 is 0 Å². The maximum absolute atomic E-state index is 13.8. The van der Waals surface area contributed by atoms with E-state index < -0.39 is 17.8 Å². The van der Waals surface area contributed by atoms with E-state index in [4.69, 9.17) is 27.9 Å². The average Bonchev–Trinajstić information content (AvgIpc) is 2.81. The first-order chi connectivity index (χ1) is 15.4. The number of nitrogens with zero attached hydrogens (tertiary/aromatic N) is 1. The number of pyridine rings is 1. The van der Waals surface area contributed by atoms with Crippen molar-refractivity contribution in [1.29, 1.82) is 0 Å². The highest BCUT2D eigenvalue weighted by Gasteiger charge is 2.24. The molecule has 5 nitrogen and oxygen atoms in total. The van der Waals surface area contributed by atoms with E-state index in [2.05, 4.69) is 10.3 Å². The van der Waals surface area contributed by atoms with Crippen LogP contribution in [0, 0.1) is 5.82 Å². The predicted octanol–water partition coefficient (Wildman–Crippen LogP) is 5.67. The van der Waals surface area contributed by atoms with E-state index in [-0.39, 0.29) is 28.5 Å². The number of fused-ring (bicyclic) bond motifs is 1. The van der Waals surface area contributed by atoms with E-state index >= 15 is 0 Å². The number of aromatic nitrogens is 1. The van der Waals surface area contributed by atoms with Gasteiger partial charge < -0.3 is 15.2 Å². The number of rotatable bonds is 6. The van der Waals surface area contributed by atoms with Gasteiger partial charge in [0.2, 0.25) is 0 Å². The third-order valence-electron chi connectivity index (χ3n) is 4.85. The van der Waals surface area contributed by atoms with Crippen molar-refractivity contribution < 1.29 is 19.0 Å². The molecule has 0 radical (unpaired) electrons.